The fourth-order valence-electron chi connectivity index (χ4n) is 4.21. The lowest BCUT2D eigenvalue weighted by molar-refractivity contribution is -0.139. The molecule has 1 atom stereocenters. The van der Waals surface area contributed by atoms with E-state index in [-0.39, 0.29) is 12.2 Å². The normalized spacial score (nSPS) is 15.3. The van der Waals surface area contributed by atoms with Gasteiger partial charge in [0.2, 0.25) is 0 Å². The van der Waals surface area contributed by atoms with E-state index in [1.165, 1.54) is 18.4 Å². The zero-order chi connectivity index (χ0) is 26.0. The maximum atomic E-state index is 13.8. The number of rotatable bonds is 7. The molecule has 1 aromatic heterocycles. The van der Waals surface area contributed by atoms with E-state index in [4.69, 9.17) is 18.9 Å². The standard InChI is InChI=1S/C27H28N2O6S/c1-7-35-26(31)23-16(3)28-27-29(24(23)18-10-11-19(32-4)21(14-18)34-6)25(30)22(36-27)13-17-9-8-15(2)20(12-17)33-5/h8-14,24H,7H2,1-6H3. The second-order valence-corrected chi connectivity index (χ2v) is 9.15. The molecule has 9 heteroatoms. The SMILES string of the molecule is CCOC(=O)C1=C(C)N=c2sc(=Cc3ccc(C)c(OC)c3)c(=O)n2C1c1ccc(OC)c(OC)c1. The Hall–Kier alpha value is -3.85. The number of hydrogen-bond acceptors (Lipinski definition) is 8. The average molecular weight is 509 g/mol. The molecular formula is C27H28N2O6S. The van der Waals surface area contributed by atoms with E-state index in [9.17, 15) is 9.59 Å². The molecular weight excluding hydrogens is 480 g/mol. The Bertz CT molecular complexity index is 1530. The zero-order valence-corrected chi connectivity index (χ0v) is 21.9. The number of carbonyl (C=O) groups is 1. The van der Waals surface area contributed by atoms with Crippen molar-refractivity contribution in [2.75, 3.05) is 27.9 Å². The summed E-state index contributed by atoms with van der Waals surface area (Å²) in [5, 5.41) is 0. The summed E-state index contributed by atoms with van der Waals surface area (Å²) in [7, 11) is 4.70. The number of methoxy groups -OCH3 is 3. The Morgan fingerprint density at radius 3 is 2.42 bits per heavy atom. The van der Waals surface area contributed by atoms with Crippen molar-refractivity contribution in [1.82, 2.24) is 4.57 Å². The number of hydrogen-bond donors (Lipinski definition) is 0. The summed E-state index contributed by atoms with van der Waals surface area (Å²) in [4.78, 5) is 31.9. The van der Waals surface area contributed by atoms with E-state index in [1.807, 2.05) is 31.2 Å². The first-order valence-electron chi connectivity index (χ1n) is 11.4. The first-order valence-corrected chi connectivity index (χ1v) is 12.2. The minimum Gasteiger partial charge on any atom is -0.496 e. The molecule has 188 valence electrons. The van der Waals surface area contributed by atoms with E-state index in [0.717, 1.165) is 16.9 Å². The lowest BCUT2D eigenvalue weighted by atomic mass is 9.95. The molecule has 0 N–H and O–H groups in total. The van der Waals surface area contributed by atoms with Crippen molar-refractivity contribution in [3.05, 3.63) is 84.0 Å². The summed E-state index contributed by atoms with van der Waals surface area (Å²) < 4.78 is 23.7. The van der Waals surface area contributed by atoms with Crippen LogP contribution in [-0.4, -0.2) is 38.5 Å². The van der Waals surface area contributed by atoms with Crippen molar-refractivity contribution in [1.29, 1.82) is 0 Å². The first kappa shape index (κ1) is 25.2. The lowest BCUT2D eigenvalue weighted by Crippen LogP contribution is -2.39. The van der Waals surface area contributed by atoms with Gasteiger partial charge in [-0.15, -0.1) is 0 Å². The summed E-state index contributed by atoms with van der Waals surface area (Å²) in [6.45, 7) is 5.65. The minimum absolute atomic E-state index is 0.202. The van der Waals surface area contributed by atoms with Crippen LogP contribution in [0.2, 0.25) is 0 Å². The lowest BCUT2D eigenvalue weighted by Gasteiger charge is -2.25. The molecule has 2 heterocycles. The number of allylic oxidation sites excluding steroid dienone is 1. The Labute approximate surface area is 212 Å². The number of carbonyl (C=O) groups excluding carboxylic acids is 1. The van der Waals surface area contributed by atoms with Gasteiger partial charge in [-0.05, 0) is 61.7 Å². The van der Waals surface area contributed by atoms with Crippen LogP contribution in [0.15, 0.2) is 57.5 Å². The Morgan fingerprint density at radius 1 is 1.03 bits per heavy atom. The molecule has 8 nitrogen and oxygen atoms in total. The van der Waals surface area contributed by atoms with Crippen LogP contribution in [0.5, 0.6) is 17.2 Å². The average Bonchev–Trinajstić information content (AvgIpc) is 3.18. The van der Waals surface area contributed by atoms with Crippen molar-refractivity contribution >= 4 is 23.4 Å². The number of thiazole rings is 1. The minimum atomic E-state index is -0.741. The van der Waals surface area contributed by atoms with Crippen molar-refractivity contribution < 1.29 is 23.7 Å². The van der Waals surface area contributed by atoms with Gasteiger partial charge in [0, 0.05) is 0 Å². The van der Waals surface area contributed by atoms with Crippen LogP contribution in [0.1, 0.15) is 36.6 Å². The Morgan fingerprint density at radius 2 is 1.75 bits per heavy atom. The van der Waals surface area contributed by atoms with Crippen molar-refractivity contribution in [2.45, 2.75) is 26.8 Å². The van der Waals surface area contributed by atoms with Crippen LogP contribution in [-0.2, 0) is 9.53 Å². The molecule has 0 amide bonds. The summed E-state index contributed by atoms with van der Waals surface area (Å²) in [5.41, 5.74) is 3.05. The highest BCUT2D eigenvalue weighted by Crippen LogP contribution is 2.36. The smallest absolute Gasteiger partial charge is 0.338 e. The third-order valence-corrected chi connectivity index (χ3v) is 6.95. The zero-order valence-electron chi connectivity index (χ0n) is 21.1. The molecule has 0 radical (unpaired) electrons. The Kier molecular flexibility index (Phi) is 7.30. The van der Waals surface area contributed by atoms with Gasteiger partial charge in [-0.1, -0.05) is 29.5 Å². The van der Waals surface area contributed by atoms with Crippen molar-refractivity contribution in [3.8, 4) is 17.2 Å². The van der Waals surface area contributed by atoms with Gasteiger partial charge in [0.15, 0.2) is 16.3 Å². The van der Waals surface area contributed by atoms with Crippen LogP contribution in [0.4, 0.5) is 0 Å². The van der Waals surface area contributed by atoms with Crippen LogP contribution < -0.4 is 29.1 Å². The van der Waals surface area contributed by atoms with Gasteiger partial charge in [-0.25, -0.2) is 9.79 Å². The van der Waals surface area contributed by atoms with E-state index in [2.05, 4.69) is 4.99 Å². The van der Waals surface area contributed by atoms with Crippen LogP contribution in [0.25, 0.3) is 6.08 Å². The fraction of sp³-hybridized carbons (Fsp3) is 0.296. The molecule has 0 saturated carbocycles. The summed E-state index contributed by atoms with van der Waals surface area (Å²) in [6.07, 6.45) is 1.81. The monoisotopic (exact) mass is 508 g/mol. The number of esters is 1. The number of aromatic nitrogens is 1. The largest absolute Gasteiger partial charge is 0.496 e. The highest BCUT2D eigenvalue weighted by Gasteiger charge is 2.33. The van der Waals surface area contributed by atoms with E-state index < -0.39 is 12.0 Å². The number of fused-ring (bicyclic) bond motifs is 1. The van der Waals surface area contributed by atoms with Gasteiger partial charge >= 0.3 is 5.97 Å². The Balaban J connectivity index is 1.96. The highest BCUT2D eigenvalue weighted by atomic mass is 32.1. The third kappa shape index (κ3) is 4.54. The quantitative estimate of drug-likeness (QED) is 0.456. The predicted octanol–water partition coefficient (Wildman–Crippen LogP) is 3.13. The van der Waals surface area contributed by atoms with E-state index in [1.54, 1.807) is 50.8 Å². The second kappa shape index (κ2) is 10.4. The highest BCUT2D eigenvalue weighted by molar-refractivity contribution is 7.07. The molecule has 1 aliphatic rings. The number of aryl methyl sites for hydroxylation is 1. The maximum Gasteiger partial charge on any atom is 0.338 e. The number of ether oxygens (including phenoxy) is 4. The molecule has 1 unspecified atom stereocenters. The molecule has 0 saturated heterocycles. The fourth-order valence-corrected chi connectivity index (χ4v) is 5.25. The third-order valence-electron chi connectivity index (χ3n) is 5.97. The topological polar surface area (TPSA) is 88.4 Å². The summed E-state index contributed by atoms with van der Waals surface area (Å²) in [6, 6.07) is 10.3. The van der Waals surface area contributed by atoms with Gasteiger partial charge in [-0.2, -0.15) is 0 Å². The number of benzene rings is 2. The molecule has 0 aliphatic carbocycles. The van der Waals surface area contributed by atoms with Crippen LogP contribution in [0.3, 0.4) is 0 Å². The molecule has 4 rings (SSSR count). The molecule has 1 aliphatic heterocycles. The number of nitrogens with zero attached hydrogens (tertiary/aromatic N) is 2. The van der Waals surface area contributed by atoms with Crippen LogP contribution >= 0.6 is 11.3 Å². The van der Waals surface area contributed by atoms with Gasteiger partial charge in [0.05, 0.1) is 49.8 Å². The van der Waals surface area contributed by atoms with Crippen molar-refractivity contribution in [3.63, 3.8) is 0 Å². The molecule has 3 aromatic rings. The summed E-state index contributed by atoms with van der Waals surface area (Å²) >= 11 is 1.27. The van der Waals surface area contributed by atoms with E-state index in [0.29, 0.717) is 37.7 Å². The molecule has 0 bridgehead atoms. The van der Waals surface area contributed by atoms with Crippen molar-refractivity contribution in [2.24, 2.45) is 4.99 Å². The molecule has 2 aromatic carbocycles. The maximum absolute atomic E-state index is 13.8. The second-order valence-electron chi connectivity index (χ2n) is 8.15. The van der Waals surface area contributed by atoms with E-state index >= 15 is 0 Å². The first-order chi connectivity index (χ1) is 17.3. The van der Waals surface area contributed by atoms with Gasteiger partial charge in [0.1, 0.15) is 5.75 Å². The predicted molar refractivity (Wildman–Crippen MR) is 138 cm³/mol. The molecule has 0 spiro atoms. The van der Waals surface area contributed by atoms with Gasteiger partial charge in [0.25, 0.3) is 5.56 Å². The summed E-state index contributed by atoms with van der Waals surface area (Å²) in [5.74, 6) is 1.25. The molecule has 0 fully saturated rings. The van der Waals surface area contributed by atoms with Crippen LogP contribution in [0, 0.1) is 6.92 Å². The van der Waals surface area contributed by atoms with Gasteiger partial charge in [-0.3, -0.25) is 9.36 Å². The molecule has 36 heavy (non-hydrogen) atoms. The van der Waals surface area contributed by atoms with Gasteiger partial charge < -0.3 is 18.9 Å².